The smallest absolute Gasteiger partial charge is 0.192 e. The number of hydrogen-bond acceptors (Lipinski definition) is 4. The molecular formula is C12H16N2O2. The van der Waals surface area contributed by atoms with E-state index >= 15 is 0 Å². The van der Waals surface area contributed by atoms with Gasteiger partial charge in [-0.2, -0.15) is 0 Å². The van der Waals surface area contributed by atoms with Crippen molar-refractivity contribution in [1.29, 1.82) is 0 Å². The van der Waals surface area contributed by atoms with Crippen molar-refractivity contribution >= 4 is 16.8 Å². The minimum absolute atomic E-state index is 0.274. The van der Waals surface area contributed by atoms with E-state index in [0.29, 0.717) is 12.5 Å². The molecule has 0 saturated carbocycles. The number of aryl methyl sites for hydroxylation is 1. The highest BCUT2D eigenvalue weighted by Crippen LogP contribution is 2.20. The van der Waals surface area contributed by atoms with Crippen LogP contribution in [0.5, 0.6) is 0 Å². The average molecular weight is 220 g/mol. The molecule has 0 spiro atoms. The van der Waals surface area contributed by atoms with Crippen LogP contribution in [-0.2, 0) is 4.74 Å². The first kappa shape index (κ1) is 11.0. The number of methoxy groups -OCH3 is 1. The van der Waals surface area contributed by atoms with Gasteiger partial charge in [0, 0.05) is 25.8 Å². The second kappa shape index (κ2) is 4.53. The van der Waals surface area contributed by atoms with Crippen LogP contribution in [0, 0.1) is 6.92 Å². The number of aromatic nitrogens is 1. The maximum atomic E-state index is 5.41. The monoisotopic (exact) mass is 220 g/mol. The van der Waals surface area contributed by atoms with Gasteiger partial charge in [0.1, 0.15) is 5.52 Å². The molecule has 1 heterocycles. The molecule has 0 radical (unpaired) electrons. The number of ether oxygens (including phenoxy) is 1. The summed E-state index contributed by atoms with van der Waals surface area (Å²) in [7, 11) is 1.70. The van der Waals surface area contributed by atoms with Gasteiger partial charge in [0.2, 0.25) is 0 Å². The Bertz CT molecular complexity index is 479. The molecule has 0 aliphatic heterocycles. The minimum atomic E-state index is 0.274. The zero-order valence-corrected chi connectivity index (χ0v) is 9.78. The minimum Gasteiger partial charge on any atom is -0.441 e. The molecule has 2 aromatic rings. The summed E-state index contributed by atoms with van der Waals surface area (Å²) in [5.41, 5.74) is 2.74. The Labute approximate surface area is 94.6 Å². The maximum Gasteiger partial charge on any atom is 0.192 e. The highest BCUT2D eigenvalue weighted by molar-refractivity contribution is 5.77. The number of rotatable bonds is 4. The number of fused-ring (bicyclic) bond motifs is 1. The summed E-state index contributed by atoms with van der Waals surface area (Å²) in [6, 6.07) is 6.17. The Kier molecular flexibility index (Phi) is 3.10. The molecule has 0 aliphatic rings. The summed E-state index contributed by atoms with van der Waals surface area (Å²) in [5.74, 6) is 0.692. The van der Waals surface area contributed by atoms with Gasteiger partial charge in [0.15, 0.2) is 11.5 Å². The number of nitrogens with zero attached hydrogens (tertiary/aromatic N) is 1. The first-order valence-corrected chi connectivity index (χ1v) is 5.31. The van der Waals surface area contributed by atoms with Crippen molar-refractivity contribution in [2.24, 2.45) is 0 Å². The van der Waals surface area contributed by atoms with Crippen molar-refractivity contribution in [2.75, 3.05) is 19.0 Å². The van der Waals surface area contributed by atoms with E-state index in [2.05, 4.69) is 17.2 Å². The average Bonchev–Trinajstić information content (AvgIpc) is 2.57. The molecule has 4 nitrogen and oxygen atoms in total. The fourth-order valence-corrected chi connectivity index (χ4v) is 1.71. The second-order valence-electron chi connectivity index (χ2n) is 3.92. The lowest BCUT2D eigenvalue weighted by Crippen LogP contribution is -2.20. The quantitative estimate of drug-likeness (QED) is 0.860. The molecule has 0 amide bonds. The first-order valence-electron chi connectivity index (χ1n) is 5.31. The Morgan fingerprint density at radius 2 is 2.31 bits per heavy atom. The van der Waals surface area contributed by atoms with Crippen molar-refractivity contribution in [3.63, 3.8) is 0 Å². The maximum absolute atomic E-state index is 5.41. The predicted octanol–water partition coefficient (Wildman–Crippen LogP) is 2.58. The van der Waals surface area contributed by atoms with Gasteiger partial charge in [0.25, 0.3) is 0 Å². The van der Waals surface area contributed by atoms with Crippen LogP contribution in [0.3, 0.4) is 0 Å². The fraction of sp³-hybridized carbons (Fsp3) is 0.417. The third-order valence-corrected chi connectivity index (χ3v) is 2.32. The summed E-state index contributed by atoms with van der Waals surface area (Å²) < 4.78 is 10.5. The van der Waals surface area contributed by atoms with Crippen molar-refractivity contribution in [3.8, 4) is 0 Å². The molecular weight excluding hydrogens is 204 g/mol. The fourth-order valence-electron chi connectivity index (χ4n) is 1.71. The van der Waals surface area contributed by atoms with Crippen LogP contribution in [0.2, 0.25) is 0 Å². The molecule has 1 unspecified atom stereocenters. The van der Waals surface area contributed by atoms with E-state index in [1.165, 1.54) is 0 Å². The van der Waals surface area contributed by atoms with Crippen molar-refractivity contribution < 1.29 is 9.15 Å². The zero-order chi connectivity index (χ0) is 11.5. The molecule has 0 aliphatic carbocycles. The van der Waals surface area contributed by atoms with Gasteiger partial charge in [-0.15, -0.1) is 0 Å². The van der Waals surface area contributed by atoms with E-state index in [4.69, 9.17) is 9.15 Å². The zero-order valence-electron chi connectivity index (χ0n) is 9.78. The van der Waals surface area contributed by atoms with Gasteiger partial charge in [-0.1, -0.05) is 0 Å². The highest BCUT2D eigenvalue weighted by atomic mass is 16.5. The lowest BCUT2D eigenvalue weighted by molar-refractivity contribution is 0.190. The molecule has 1 aromatic carbocycles. The Hall–Kier alpha value is -1.55. The second-order valence-corrected chi connectivity index (χ2v) is 3.92. The highest BCUT2D eigenvalue weighted by Gasteiger charge is 2.05. The van der Waals surface area contributed by atoms with Crippen LogP contribution in [0.15, 0.2) is 22.6 Å². The van der Waals surface area contributed by atoms with Crippen molar-refractivity contribution in [2.45, 2.75) is 19.9 Å². The van der Waals surface area contributed by atoms with E-state index in [-0.39, 0.29) is 6.04 Å². The summed E-state index contributed by atoms with van der Waals surface area (Å²) in [4.78, 5) is 4.29. The van der Waals surface area contributed by atoms with E-state index in [0.717, 1.165) is 16.8 Å². The van der Waals surface area contributed by atoms with Gasteiger partial charge in [0.05, 0.1) is 6.61 Å². The summed E-state index contributed by atoms with van der Waals surface area (Å²) in [6.45, 7) is 4.60. The lowest BCUT2D eigenvalue weighted by Gasteiger charge is -2.13. The SMILES string of the molecule is COCC(C)Nc1ccc2oc(C)nc2c1. The third-order valence-electron chi connectivity index (χ3n) is 2.32. The molecule has 1 N–H and O–H groups in total. The Morgan fingerprint density at radius 3 is 3.06 bits per heavy atom. The van der Waals surface area contributed by atoms with Gasteiger partial charge >= 0.3 is 0 Å². The summed E-state index contributed by atoms with van der Waals surface area (Å²) in [5, 5.41) is 3.34. The van der Waals surface area contributed by atoms with Crippen LogP contribution in [0.25, 0.3) is 11.1 Å². The van der Waals surface area contributed by atoms with E-state index in [9.17, 15) is 0 Å². The van der Waals surface area contributed by atoms with E-state index < -0.39 is 0 Å². The van der Waals surface area contributed by atoms with Gasteiger partial charge in [-0.05, 0) is 25.1 Å². The van der Waals surface area contributed by atoms with Crippen LogP contribution in [0.1, 0.15) is 12.8 Å². The van der Waals surface area contributed by atoms with E-state index in [1.807, 2.05) is 25.1 Å². The number of hydrogen-bond donors (Lipinski definition) is 1. The van der Waals surface area contributed by atoms with Crippen LogP contribution in [0.4, 0.5) is 5.69 Å². The Balaban J connectivity index is 2.18. The van der Waals surface area contributed by atoms with Crippen molar-refractivity contribution in [1.82, 2.24) is 4.98 Å². The first-order chi connectivity index (χ1) is 7.69. The largest absolute Gasteiger partial charge is 0.441 e. The van der Waals surface area contributed by atoms with Gasteiger partial charge in [-0.3, -0.25) is 0 Å². The summed E-state index contributed by atoms with van der Waals surface area (Å²) >= 11 is 0. The number of nitrogens with one attached hydrogen (secondary N) is 1. The number of benzene rings is 1. The van der Waals surface area contributed by atoms with Crippen LogP contribution < -0.4 is 5.32 Å². The van der Waals surface area contributed by atoms with E-state index in [1.54, 1.807) is 7.11 Å². The number of oxazole rings is 1. The summed E-state index contributed by atoms with van der Waals surface area (Å²) in [6.07, 6.45) is 0. The topological polar surface area (TPSA) is 47.3 Å². The van der Waals surface area contributed by atoms with Crippen molar-refractivity contribution in [3.05, 3.63) is 24.1 Å². The lowest BCUT2D eigenvalue weighted by atomic mass is 10.2. The molecule has 16 heavy (non-hydrogen) atoms. The molecule has 0 fully saturated rings. The molecule has 4 heteroatoms. The van der Waals surface area contributed by atoms with Gasteiger partial charge in [-0.25, -0.2) is 4.98 Å². The number of anilines is 1. The predicted molar refractivity (Wildman–Crippen MR) is 63.7 cm³/mol. The standard InChI is InChI=1S/C12H16N2O2/c1-8(7-15-3)13-10-4-5-12-11(6-10)14-9(2)16-12/h4-6,8,13H,7H2,1-3H3. The molecule has 0 saturated heterocycles. The molecule has 86 valence electrons. The van der Waals surface area contributed by atoms with Gasteiger partial charge < -0.3 is 14.5 Å². The third kappa shape index (κ3) is 2.33. The molecule has 1 atom stereocenters. The van der Waals surface area contributed by atoms with Crippen LogP contribution in [-0.4, -0.2) is 24.7 Å². The molecule has 2 rings (SSSR count). The van der Waals surface area contributed by atoms with Crippen LogP contribution >= 0.6 is 0 Å². The molecule has 1 aromatic heterocycles. The normalized spacial score (nSPS) is 12.9. The molecule has 0 bridgehead atoms. The Morgan fingerprint density at radius 1 is 1.50 bits per heavy atom.